The fourth-order valence-electron chi connectivity index (χ4n) is 3.62. The molecule has 152 valence electrons. The molecular formula is C25H34O3. The number of carbonyl (C=O) groups excluding carboxylic acids is 2. The van der Waals surface area contributed by atoms with Crippen molar-refractivity contribution in [1.29, 1.82) is 0 Å². The van der Waals surface area contributed by atoms with Crippen molar-refractivity contribution in [2.45, 2.75) is 78.2 Å². The summed E-state index contributed by atoms with van der Waals surface area (Å²) in [6, 6.07) is 10.2. The molecule has 0 fully saturated rings. The van der Waals surface area contributed by atoms with Gasteiger partial charge in [-0.05, 0) is 37.3 Å². The van der Waals surface area contributed by atoms with E-state index in [-0.39, 0.29) is 11.8 Å². The molecule has 2 atom stereocenters. The van der Waals surface area contributed by atoms with Crippen LogP contribution in [0.25, 0.3) is 5.57 Å². The monoisotopic (exact) mass is 382 g/mol. The van der Waals surface area contributed by atoms with Gasteiger partial charge < -0.3 is 4.74 Å². The van der Waals surface area contributed by atoms with Gasteiger partial charge >= 0.3 is 5.97 Å². The molecule has 0 bridgehead atoms. The third kappa shape index (κ3) is 5.92. The van der Waals surface area contributed by atoms with Crippen molar-refractivity contribution in [2.75, 3.05) is 0 Å². The van der Waals surface area contributed by atoms with Crippen LogP contribution in [0.2, 0.25) is 0 Å². The largest absolute Gasteiger partial charge is 0.454 e. The van der Waals surface area contributed by atoms with Crippen molar-refractivity contribution in [3.8, 4) is 0 Å². The van der Waals surface area contributed by atoms with Gasteiger partial charge in [-0.25, -0.2) is 0 Å². The van der Waals surface area contributed by atoms with Crippen LogP contribution in [0.3, 0.4) is 0 Å². The lowest BCUT2D eigenvalue weighted by atomic mass is 9.75. The van der Waals surface area contributed by atoms with Crippen molar-refractivity contribution >= 4 is 17.3 Å². The van der Waals surface area contributed by atoms with Crippen molar-refractivity contribution < 1.29 is 14.3 Å². The van der Waals surface area contributed by atoms with Gasteiger partial charge in [-0.15, -0.1) is 0 Å². The Labute approximate surface area is 169 Å². The molecule has 0 aliphatic heterocycles. The molecule has 0 heterocycles. The highest BCUT2D eigenvalue weighted by molar-refractivity contribution is 5.88. The molecule has 1 aliphatic rings. The van der Waals surface area contributed by atoms with E-state index in [1.807, 2.05) is 37.3 Å². The van der Waals surface area contributed by atoms with Crippen LogP contribution in [0.1, 0.15) is 77.7 Å². The Kier molecular flexibility index (Phi) is 8.69. The van der Waals surface area contributed by atoms with E-state index in [2.05, 4.69) is 25.1 Å². The van der Waals surface area contributed by atoms with E-state index in [0.29, 0.717) is 12.8 Å². The number of esters is 1. The molecular weight excluding hydrogens is 348 g/mol. The lowest BCUT2D eigenvalue weighted by Gasteiger charge is -2.31. The van der Waals surface area contributed by atoms with E-state index >= 15 is 0 Å². The summed E-state index contributed by atoms with van der Waals surface area (Å²) < 4.78 is 5.64. The average molecular weight is 383 g/mol. The van der Waals surface area contributed by atoms with E-state index in [1.165, 1.54) is 6.42 Å². The van der Waals surface area contributed by atoms with Crippen molar-refractivity contribution in [1.82, 2.24) is 0 Å². The van der Waals surface area contributed by atoms with Crippen molar-refractivity contribution in [2.24, 2.45) is 5.41 Å². The molecule has 0 radical (unpaired) electrons. The van der Waals surface area contributed by atoms with E-state index in [9.17, 15) is 9.59 Å². The first-order valence-corrected chi connectivity index (χ1v) is 10.7. The van der Waals surface area contributed by atoms with Gasteiger partial charge in [0.1, 0.15) is 0 Å². The van der Waals surface area contributed by atoms with E-state index < -0.39 is 11.5 Å². The number of Topliss-reactive ketones (excluding diaryl/α,β-unsaturated/α-hetero) is 1. The maximum atomic E-state index is 13.1. The zero-order valence-electron chi connectivity index (χ0n) is 17.6. The van der Waals surface area contributed by atoms with E-state index in [0.717, 1.165) is 43.2 Å². The summed E-state index contributed by atoms with van der Waals surface area (Å²) in [6.45, 7) is 5.83. The van der Waals surface area contributed by atoms with Gasteiger partial charge in [0.2, 0.25) is 0 Å². The second-order valence-electron chi connectivity index (χ2n) is 7.79. The molecule has 0 spiro atoms. The molecule has 0 amide bonds. The Bertz CT molecular complexity index is 702. The third-order valence-electron chi connectivity index (χ3n) is 5.49. The molecule has 3 nitrogen and oxygen atoms in total. The zero-order valence-corrected chi connectivity index (χ0v) is 17.6. The first kappa shape index (κ1) is 22.1. The molecule has 0 aromatic heterocycles. The standard InChI is InChI=1S/C25H34O3/c1-4-6-7-11-17-25(24(27)28-20(3)23(26)12-5-2)18-15-22(16-19-25)21-13-9-8-10-14-21/h8-10,13-16,18,20H,4-7,11-12,17,19H2,1-3H3. The van der Waals surface area contributed by atoms with E-state index in [1.54, 1.807) is 6.92 Å². The van der Waals surface area contributed by atoms with Crippen LogP contribution in [0.4, 0.5) is 0 Å². The van der Waals surface area contributed by atoms with Crippen LogP contribution in [0.15, 0.2) is 48.6 Å². The normalized spacial score (nSPS) is 19.8. The first-order valence-electron chi connectivity index (χ1n) is 10.7. The Morgan fingerprint density at radius 3 is 2.43 bits per heavy atom. The van der Waals surface area contributed by atoms with Gasteiger partial charge in [0.05, 0.1) is 5.41 Å². The van der Waals surface area contributed by atoms with Gasteiger partial charge in [-0.2, -0.15) is 0 Å². The molecule has 1 aromatic rings. The maximum absolute atomic E-state index is 13.1. The summed E-state index contributed by atoms with van der Waals surface area (Å²) in [5.74, 6) is -0.266. The van der Waals surface area contributed by atoms with Crippen LogP contribution >= 0.6 is 0 Å². The summed E-state index contributed by atoms with van der Waals surface area (Å²) in [7, 11) is 0. The van der Waals surface area contributed by atoms with Crippen molar-refractivity contribution in [3.63, 3.8) is 0 Å². The van der Waals surface area contributed by atoms with E-state index in [4.69, 9.17) is 4.74 Å². The SMILES string of the molecule is CCCCCCC1(C(=O)OC(C)C(=O)CCC)C=CC(c2ccccc2)=CC1. The second kappa shape index (κ2) is 11.0. The molecule has 1 aliphatic carbocycles. The highest BCUT2D eigenvalue weighted by atomic mass is 16.5. The number of ether oxygens (including phenoxy) is 1. The number of rotatable bonds is 11. The molecule has 1 aromatic carbocycles. The number of carbonyl (C=O) groups is 2. The number of allylic oxidation sites excluding steroid dienone is 3. The highest BCUT2D eigenvalue weighted by Gasteiger charge is 2.39. The smallest absolute Gasteiger partial charge is 0.316 e. The lowest BCUT2D eigenvalue weighted by molar-refractivity contribution is -0.162. The Balaban J connectivity index is 2.13. The minimum atomic E-state index is -0.673. The Morgan fingerprint density at radius 1 is 1.07 bits per heavy atom. The number of ketones is 1. The minimum absolute atomic E-state index is 0.00251. The maximum Gasteiger partial charge on any atom is 0.316 e. The Morgan fingerprint density at radius 2 is 1.82 bits per heavy atom. The molecule has 2 rings (SSSR count). The van der Waals surface area contributed by atoms with Crippen LogP contribution in [0, 0.1) is 5.41 Å². The van der Waals surface area contributed by atoms with Gasteiger partial charge in [-0.1, -0.05) is 88.1 Å². The lowest BCUT2D eigenvalue weighted by Crippen LogP contribution is -2.36. The molecule has 2 unspecified atom stereocenters. The van der Waals surface area contributed by atoms with Crippen LogP contribution in [-0.4, -0.2) is 17.9 Å². The highest BCUT2D eigenvalue weighted by Crippen LogP contribution is 2.39. The van der Waals surface area contributed by atoms with Crippen LogP contribution in [-0.2, 0) is 14.3 Å². The molecule has 3 heteroatoms. The van der Waals surface area contributed by atoms with Crippen LogP contribution in [0.5, 0.6) is 0 Å². The van der Waals surface area contributed by atoms with Gasteiger partial charge in [0.15, 0.2) is 11.9 Å². The Hall–Kier alpha value is -2.16. The predicted octanol–water partition coefficient (Wildman–Crippen LogP) is 6.29. The summed E-state index contributed by atoms with van der Waals surface area (Å²) in [5.41, 5.74) is 1.62. The molecule has 0 saturated carbocycles. The zero-order chi connectivity index (χ0) is 20.4. The average Bonchev–Trinajstić information content (AvgIpc) is 2.72. The fourth-order valence-corrected chi connectivity index (χ4v) is 3.62. The van der Waals surface area contributed by atoms with Gasteiger partial charge in [0, 0.05) is 6.42 Å². The van der Waals surface area contributed by atoms with Crippen molar-refractivity contribution in [3.05, 3.63) is 54.1 Å². The minimum Gasteiger partial charge on any atom is -0.454 e. The fraction of sp³-hybridized carbons (Fsp3) is 0.520. The first-order chi connectivity index (χ1) is 13.5. The molecule has 0 saturated heterocycles. The quantitative estimate of drug-likeness (QED) is 0.334. The summed E-state index contributed by atoms with van der Waals surface area (Å²) in [4.78, 5) is 25.2. The molecule has 28 heavy (non-hydrogen) atoms. The third-order valence-corrected chi connectivity index (χ3v) is 5.49. The number of unbranched alkanes of at least 4 members (excludes halogenated alkanes) is 3. The second-order valence-corrected chi connectivity index (χ2v) is 7.79. The topological polar surface area (TPSA) is 43.4 Å². The number of hydrogen-bond donors (Lipinski definition) is 0. The van der Waals surface area contributed by atoms with Gasteiger partial charge in [-0.3, -0.25) is 9.59 Å². The summed E-state index contributed by atoms with van der Waals surface area (Å²) in [6.07, 6.45) is 12.5. The predicted molar refractivity (Wildman–Crippen MR) is 115 cm³/mol. The van der Waals surface area contributed by atoms with Crippen LogP contribution < -0.4 is 0 Å². The molecule has 0 N–H and O–H groups in total. The number of benzene rings is 1. The summed E-state index contributed by atoms with van der Waals surface area (Å²) in [5, 5.41) is 0. The van der Waals surface area contributed by atoms with Gasteiger partial charge in [0.25, 0.3) is 0 Å². The summed E-state index contributed by atoms with van der Waals surface area (Å²) >= 11 is 0. The number of hydrogen-bond acceptors (Lipinski definition) is 3.